The van der Waals surface area contributed by atoms with E-state index in [2.05, 4.69) is 15.5 Å². The van der Waals surface area contributed by atoms with Crippen molar-refractivity contribution in [3.63, 3.8) is 0 Å². The standard InChI is InChI=1S/C13H18ClN5O2/c1-18(2)9-15-17-13(20)11-7-10(14)8-12(16-11)19-3-5-21-6-4-19/h7-9H,3-6H2,1-2H3,(H,17,20). The molecule has 1 aromatic heterocycles. The van der Waals surface area contributed by atoms with Crippen LogP contribution in [0.5, 0.6) is 0 Å². The highest BCUT2D eigenvalue weighted by Crippen LogP contribution is 2.19. The molecule has 1 aliphatic rings. The molecule has 114 valence electrons. The molecule has 0 aromatic carbocycles. The summed E-state index contributed by atoms with van der Waals surface area (Å²) in [6, 6.07) is 3.26. The van der Waals surface area contributed by atoms with E-state index in [4.69, 9.17) is 16.3 Å². The predicted molar refractivity (Wildman–Crippen MR) is 81.9 cm³/mol. The number of ether oxygens (including phenoxy) is 1. The summed E-state index contributed by atoms with van der Waals surface area (Å²) in [7, 11) is 3.62. The zero-order valence-electron chi connectivity index (χ0n) is 12.0. The van der Waals surface area contributed by atoms with Crippen LogP contribution < -0.4 is 10.3 Å². The first-order valence-corrected chi connectivity index (χ1v) is 6.94. The van der Waals surface area contributed by atoms with E-state index in [0.29, 0.717) is 24.1 Å². The quantitative estimate of drug-likeness (QED) is 0.506. The van der Waals surface area contributed by atoms with Crippen LogP contribution in [0.15, 0.2) is 17.2 Å². The van der Waals surface area contributed by atoms with Gasteiger partial charge < -0.3 is 14.5 Å². The lowest BCUT2D eigenvalue weighted by atomic mass is 10.3. The van der Waals surface area contributed by atoms with Crippen LogP contribution in [0.3, 0.4) is 0 Å². The monoisotopic (exact) mass is 311 g/mol. The van der Waals surface area contributed by atoms with Crippen molar-refractivity contribution < 1.29 is 9.53 Å². The molecule has 1 fully saturated rings. The minimum Gasteiger partial charge on any atom is -0.378 e. The van der Waals surface area contributed by atoms with Gasteiger partial charge in [0.05, 0.1) is 13.2 Å². The number of anilines is 1. The number of carbonyl (C=O) groups excluding carboxylic acids is 1. The first-order valence-electron chi connectivity index (χ1n) is 6.56. The number of nitrogens with zero attached hydrogens (tertiary/aromatic N) is 4. The second-order valence-corrected chi connectivity index (χ2v) is 5.21. The Morgan fingerprint density at radius 2 is 2.19 bits per heavy atom. The van der Waals surface area contributed by atoms with Crippen LogP contribution >= 0.6 is 11.6 Å². The molecule has 0 radical (unpaired) electrons. The number of hydrogen-bond acceptors (Lipinski definition) is 5. The van der Waals surface area contributed by atoms with Crippen LogP contribution in [-0.2, 0) is 4.74 Å². The number of pyridine rings is 1. The largest absolute Gasteiger partial charge is 0.378 e. The maximum Gasteiger partial charge on any atom is 0.290 e. The molecule has 21 heavy (non-hydrogen) atoms. The topological polar surface area (TPSA) is 70.1 Å². The second-order valence-electron chi connectivity index (χ2n) is 4.78. The predicted octanol–water partition coefficient (Wildman–Crippen LogP) is 0.806. The molecule has 1 aliphatic heterocycles. The van der Waals surface area contributed by atoms with Crippen molar-refractivity contribution in [2.24, 2.45) is 5.10 Å². The Balaban J connectivity index is 2.12. The van der Waals surface area contributed by atoms with Gasteiger partial charge in [0, 0.05) is 32.2 Å². The molecule has 0 unspecified atom stereocenters. The molecule has 1 amide bonds. The smallest absolute Gasteiger partial charge is 0.290 e. The normalized spacial score (nSPS) is 15.3. The van der Waals surface area contributed by atoms with Gasteiger partial charge in [0.25, 0.3) is 5.91 Å². The average Bonchev–Trinajstić information content (AvgIpc) is 2.47. The molecule has 7 nitrogen and oxygen atoms in total. The molecule has 0 spiro atoms. The number of hydrazone groups is 1. The fourth-order valence-electron chi connectivity index (χ4n) is 1.81. The van der Waals surface area contributed by atoms with Crippen molar-refractivity contribution in [2.45, 2.75) is 0 Å². The fraction of sp³-hybridized carbons (Fsp3) is 0.462. The molecule has 1 aromatic rings. The van der Waals surface area contributed by atoms with E-state index in [-0.39, 0.29) is 5.69 Å². The van der Waals surface area contributed by atoms with Crippen molar-refractivity contribution in [2.75, 3.05) is 45.3 Å². The van der Waals surface area contributed by atoms with Crippen LogP contribution in [0, 0.1) is 0 Å². The van der Waals surface area contributed by atoms with E-state index in [9.17, 15) is 4.79 Å². The van der Waals surface area contributed by atoms with Gasteiger partial charge in [0.2, 0.25) is 0 Å². The summed E-state index contributed by atoms with van der Waals surface area (Å²) in [4.78, 5) is 20.1. The molecule has 0 bridgehead atoms. The Bertz CT molecular complexity index is 529. The van der Waals surface area contributed by atoms with Crippen LogP contribution in [0.2, 0.25) is 5.02 Å². The van der Waals surface area contributed by atoms with Gasteiger partial charge in [0.1, 0.15) is 17.9 Å². The first kappa shape index (κ1) is 15.5. The number of amides is 1. The molecule has 1 saturated heterocycles. The lowest BCUT2D eigenvalue weighted by Gasteiger charge is -2.28. The highest BCUT2D eigenvalue weighted by atomic mass is 35.5. The summed E-state index contributed by atoms with van der Waals surface area (Å²) >= 11 is 6.07. The van der Waals surface area contributed by atoms with Gasteiger partial charge in [-0.05, 0) is 12.1 Å². The molecule has 0 atom stereocenters. The van der Waals surface area contributed by atoms with E-state index >= 15 is 0 Å². The second kappa shape index (κ2) is 7.24. The van der Waals surface area contributed by atoms with Crippen molar-refractivity contribution >= 4 is 29.7 Å². The van der Waals surface area contributed by atoms with Crippen LogP contribution in [0.4, 0.5) is 5.82 Å². The number of halogens is 1. The Kier molecular flexibility index (Phi) is 5.35. The number of morpholine rings is 1. The Morgan fingerprint density at radius 3 is 2.86 bits per heavy atom. The minimum absolute atomic E-state index is 0.236. The van der Waals surface area contributed by atoms with Gasteiger partial charge in [-0.25, -0.2) is 10.4 Å². The number of rotatable bonds is 4. The van der Waals surface area contributed by atoms with E-state index in [0.717, 1.165) is 13.1 Å². The summed E-state index contributed by atoms with van der Waals surface area (Å²) in [5.41, 5.74) is 2.65. The van der Waals surface area contributed by atoms with Crippen LogP contribution in [0.25, 0.3) is 0 Å². The first-order chi connectivity index (χ1) is 10.1. The maximum absolute atomic E-state index is 12.0. The highest BCUT2D eigenvalue weighted by molar-refractivity contribution is 6.31. The van der Waals surface area contributed by atoms with Gasteiger partial charge in [-0.15, -0.1) is 0 Å². The summed E-state index contributed by atoms with van der Waals surface area (Å²) in [6.45, 7) is 2.74. The molecular formula is C13H18ClN5O2. The van der Waals surface area contributed by atoms with Gasteiger partial charge in [-0.1, -0.05) is 11.6 Å². The molecule has 0 aliphatic carbocycles. The summed E-state index contributed by atoms with van der Waals surface area (Å²) in [5, 5.41) is 4.27. The third-order valence-corrected chi connectivity index (χ3v) is 3.02. The highest BCUT2D eigenvalue weighted by Gasteiger charge is 2.16. The Labute approximate surface area is 128 Å². The number of hydrogen-bond donors (Lipinski definition) is 1. The van der Waals surface area contributed by atoms with Gasteiger partial charge in [0.15, 0.2) is 0 Å². The number of carbonyl (C=O) groups is 1. The Hall–Kier alpha value is -1.86. The molecule has 8 heteroatoms. The van der Waals surface area contributed by atoms with E-state index in [1.165, 1.54) is 12.4 Å². The SMILES string of the molecule is CN(C)C=NNC(=O)c1cc(Cl)cc(N2CCOCC2)n1. The van der Waals surface area contributed by atoms with Gasteiger partial charge >= 0.3 is 0 Å². The Morgan fingerprint density at radius 1 is 1.48 bits per heavy atom. The summed E-state index contributed by atoms with van der Waals surface area (Å²) < 4.78 is 5.30. The van der Waals surface area contributed by atoms with Crippen molar-refractivity contribution in [3.05, 3.63) is 22.8 Å². The van der Waals surface area contributed by atoms with E-state index < -0.39 is 5.91 Å². The number of nitrogens with one attached hydrogen (secondary N) is 1. The maximum atomic E-state index is 12.0. The van der Waals surface area contributed by atoms with Gasteiger partial charge in [-0.3, -0.25) is 4.79 Å². The molecule has 0 saturated carbocycles. The average molecular weight is 312 g/mol. The lowest BCUT2D eigenvalue weighted by molar-refractivity contribution is 0.0949. The lowest BCUT2D eigenvalue weighted by Crippen LogP contribution is -2.37. The third kappa shape index (κ3) is 4.57. The van der Waals surface area contributed by atoms with Gasteiger partial charge in [-0.2, -0.15) is 5.10 Å². The fourth-order valence-corrected chi connectivity index (χ4v) is 2.02. The van der Waals surface area contributed by atoms with Crippen molar-refractivity contribution in [1.29, 1.82) is 0 Å². The van der Waals surface area contributed by atoms with E-state index in [1.807, 2.05) is 19.0 Å². The van der Waals surface area contributed by atoms with Crippen LogP contribution in [-0.4, -0.2) is 62.5 Å². The minimum atomic E-state index is -0.398. The summed E-state index contributed by atoms with van der Waals surface area (Å²) in [6.07, 6.45) is 1.49. The zero-order valence-corrected chi connectivity index (χ0v) is 12.8. The number of aromatic nitrogens is 1. The van der Waals surface area contributed by atoms with Crippen molar-refractivity contribution in [1.82, 2.24) is 15.3 Å². The molecular weight excluding hydrogens is 294 g/mol. The van der Waals surface area contributed by atoms with Crippen LogP contribution in [0.1, 0.15) is 10.5 Å². The molecule has 1 N–H and O–H groups in total. The zero-order chi connectivity index (χ0) is 15.2. The third-order valence-electron chi connectivity index (χ3n) is 2.80. The van der Waals surface area contributed by atoms with Crippen molar-refractivity contribution in [3.8, 4) is 0 Å². The molecule has 2 heterocycles. The molecule has 2 rings (SSSR count). The van der Waals surface area contributed by atoms with E-state index in [1.54, 1.807) is 11.0 Å². The summed E-state index contributed by atoms with van der Waals surface area (Å²) in [5.74, 6) is 0.276.